The molecule has 2 aromatic rings. The molecule has 0 saturated carbocycles. The van der Waals surface area contributed by atoms with Crippen molar-refractivity contribution < 1.29 is 13.2 Å². The van der Waals surface area contributed by atoms with Crippen molar-refractivity contribution in [2.75, 3.05) is 12.4 Å². The number of sulfonamides is 1. The van der Waals surface area contributed by atoms with Crippen LogP contribution >= 0.6 is 11.6 Å². The lowest BCUT2D eigenvalue weighted by Gasteiger charge is -2.09. The zero-order valence-corrected chi connectivity index (χ0v) is 15.0. The van der Waals surface area contributed by atoms with E-state index in [1.54, 1.807) is 24.3 Å². The Morgan fingerprint density at radius 3 is 2.42 bits per heavy atom. The van der Waals surface area contributed by atoms with Gasteiger partial charge >= 0.3 is 0 Å². The number of carbonyl (C=O) groups excluding carboxylic acids is 1. The van der Waals surface area contributed by atoms with Gasteiger partial charge in [-0.25, -0.2) is 13.1 Å². The first-order valence-corrected chi connectivity index (χ1v) is 9.26. The van der Waals surface area contributed by atoms with Gasteiger partial charge in [-0.3, -0.25) is 4.79 Å². The Kier molecular flexibility index (Phi) is 5.99. The number of benzene rings is 2. The van der Waals surface area contributed by atoms with E-state index in [-0.39, 0.29) is 10.8 Å². The highest BCUT2D eigenvalue weighted by atomic mass is 35.5. The molecule has 2 N–H and O–H groups in total. The van der Waals surface area contributed by atoms with Crippen LogP contribution in [0.15, 0.2) is 47.4 Å². The lowest BCUT2D eigenvalue weighted by atomic mass is 10.1. The monoisotopic (exact) mass is 366 g/mol. The fourth-order valence-corrected chi connectivity index (χ4v) is 3.05. The normalized spacial score (nSPS) is 11.3. The Balaban J connectivity index is 1.96. The van der Waals surface area contributed by atoms with Crippen LogP contribution < -0.4 is 10.0 Å². The number of halogens is 1. The third kappa shape index (κ3) is 4.80. The van der Waals surface area contributed by atoms with E-state index in [1.807, 2.05) is 13.0 Å². The van der Waals surface area contributed by atoms with Crippen LogP contribution in [0.2, 0.25) is 5.02 Å². The molecule has 0 radical (unpaired) electrons. The first kappa shape index (κ1) is 18.4. The molecular formula is C17H19ClN2O3S. The van der Waals surface area contributed by atoms with Crippen molar-refractivity contribution in [3.8, 4) is 0 Å². The minimum atomic E-state index is -3.44. The summed E-state index contributed by atoms with van der Waals surface area (Å²) >= 11 is 5.93. The standard InChI is InChI=1S/C17H19ClN2O3S/c1-12-3-7-14(18)11-16(12)20-17(21)10-6-13-4-8-15(9-5-13)24(22,23)19-2/h3-5,7-9,11,19H,6,10H2,1-2H3,(H,20,21). The number of carbonyl (C=O) groups is 1. The van der Waals surface area contributed by atoms with Crippen molar-refractivity contribution in [2.45, 2.75) is 24.7 Å². The molecule has 0 bridgehead atoms. The van der Waals surface area contributed by atoms with Gasteiger partial charge in [0.25, 0.3) is 0 Å². The number of hydrogen-bond acceptors (Lipinski definition) is 3. The zero-order chi connectivity index (χ0) is 17.7. The van der Waals surface area contributed by atoms with E-state index in [0.29, 0.717) is 23.6 Å². The second-order valence-electron chi connectivity index (χ2n) is 5.36. The molecule has 0 aromatic heterocycles. The van der Waals surface area contributed by atoms with Gasteiger partial charge in [0, 0.05) is 17.1 Å². The second kappa shape index (κ2) is 7.79. The summed E-state index contributed by atoms with van der Waals surface area (Å²) in [6.45, 7) is 1.90. The van der Waals surface area contributed by atoms with Gasteiger partial charge in [0.2, 0.25) is 15.9 Å². The molecule has 0 spiro atoms. The molecule has 0 aliphatic carbocycles. The SMILES string of the molecule is CNS(=O)(=O)c1ccc(CCC(=O)Nc2cc(Cl)ccc2C)cc1. The van der Waals surface area contributed by atoms with Crippen LogP contribution in [0, 0.1) is 6.92 Å². The van der Waals surface area contributed by atoms with E-state index in [9.17, 15) is 13.2 Å². The van der Waals surface area contributed by atoms with E-state index in [4.69, 9.17) is 11.6 Å². The van der Waals surface area contributed by atoms with Gasteiger partial charge in [-0.15, -0.1) is 0 Å². The number of aryl methyl sites for hydroxylation is 2. The Labute approximate surface area is 147 Å². The fourth-order valence-electron chi connectivity index (χ4n) is 2.15. The molecule has 1 amide bonds. The number of hydrogen-bond donors (Lipinski definition) is 2. The quantitative estimate of drug-likeness (QED) is 0.824. The maximum Gasteiger partial charge on any atom is 0.240 e. The van der Waals surface area contributed by atoms with Crippen molar-refractivity contribution in [2.24, 2.45) is 0 Å². The summed E-state index contributed by atoms with van der Waals surface area (Å²) in [6.07, 6.45) is 0.815. The third-order valence-electron chi connectivity index (χ3n) is 3.62. The maximum atomic E-state index is 12.1. The van der Waals surface area contributed by atoms with Crippen molar-refractivity contribution in [3.63, 3.8) is 0 Å². The molecule has 7 heteroatoms. The number of rotatable bonds is 6. The van der Waals surface area contributed by atoms with Crippen molar-refractivity contribution in [1.29, 1.82) is 0 Å². The van der Waals surface area contributed by atoms with E-state index in [0.717, 1.165) is 11.1 Å². The van der Waals surface area contributed by atoms with Crippen molar-refractivity contribution >= 4 is 33.2 Å². The van der Waals surface area contributed by atoms with Crippen LogP contribution in [0.4, 0.5) is 5.69 Å². The maximum absolute atomic E-state index is 12.1. The first-order valence-electron chi connectivity index (χ1n) is 7.40. The van der Waals surface area contributed by atoms with Gasteiger partial charge < -0.3 is 5.32 Å². The lowest BCUT2D eigenvalue weighted by Crippen LogP contribution is -2.18. The van der Waals surface area contributed by atoms with E-state index >= 15 is 0 Å². The van der Waals surface area contributed by atoms with Gasteiger partial charge in [0.15, 0.2) is 0 Å². The van der Waals surface area contributed by atoms with Gasteiger partial charge in [0.1, 0.15) is 0 Å². The number of amides is 1. The van der Waals surface area contributed by atoms with Gasteiger partial charge in [0.05, 0.1) is 4.90 Å². The van der Waals surface area contributed by atoms with Crippen LogP contribution in [-0.4, -0.2) is 21.4 Å². The predicted molar refractivity (Wildman–Crippen MR) is 95.8 cm³/mol. The summed E-state index contributed by atoms with van der Waals surface area (Å²) < 4.78 is 25.6. The Bertz CT molecular complexity index is 833. The van der Waals surface area contributed by atoms with Gasteiger partial charge in [-0.2, -0.15) is 0 Å². The van der Waals surface area contributed by atoms with Crippen molar-refractivity contribution in [1.82, 2.24) is 4.72 Å². The summed E-state index contributed by atoms with van der Waals surface area (Å²) in [5.41, 5.74) is 2.53. The average Bonchev–Trinajstić information content (AvgIpc) is 2.56. The van der Waals surface area contributed by atoms with E-state index < -0.39 is 10.0 Å². The zero-order valence-electron chi connectivity index (χ0n) is 13.5. The smallest absolute Gasteiger partial charge is 0.240 e. The second-order valence-corrected chi connectivity index (χ2v) is 7.68. The van der Waals surface area contributed by atoms with Gasteiger partial charge in [-0.05, 0) is 55.8 Å². The highest BCUT2D eigenvalue weighted by molar-refractivity contribution is 7.89. The van der Waals surface area contributed by atoms with Crippen LogP contribution in [0.3, 0.4) is 0 Å². The molecule has 0 atom stereocenters. The Morgan fingerprint density at radius 1 is 1.12 bits per heavy atom. The topological polar surface area (TPSA) is 75.3 Å². The molecule has 0 fully saturated rings. The summed E-state index contributed by atoms with van der Waals surface area (Å²) in [5, 5.41) is 3.40. The fraction of sp³-hybridized carbons (Fsp3) is 0.235. The Morgan fingerprint density at radius 2 is 1.79 bits per heavy atom. The molecule has 2 rings (SSSR count). The molecule has 0 saturated heterocycles. The highest BCUT2D eigenvalue weighted by Crippen LogP contribution is 2.20. The third-order valence-corrected chi connectivity index (χ3v) is 5.28. The predicted octanol–water partition coefficient (Wildman–Crippen LogP) is 3.13. The molecular weight excluding hydrogens is 348 g/mol. The van der Waals surface area contributed by atoms with E-state index in [2.05, 4.69) is 10.0 Å². The summed E-state index contributed by atoms with van der Waals surface area (Å²) in [7, 11) is -2.07. The molecule has 0 aliphatic rings. The molecule has 0 unspecified atom stereocenters. The highest BCUT2D eigenvalue weighted by Gasteiger charge is 2.11. The summed E-state index contributed by atoms with van der Waals surface area (Å²) in [6, 6.07) is 11.8. The average molecular weight is 367 g/mol. The summed E-state index contributed by atoms with van der Waals surface area (Å²) in [4.78, 5) is 12.3. The van der Waals surface area contributed by atoms with Crippen LogP contribution in [-0.2, 0) is 21.2 Å². The minimum Gasteiger partial charge on any atom is -0.326 e. The largest absolute Gasteiger partial charge is 0.326 e. The summed E-state index contributed by atoms with van der Waals surface area (Å²) in [5.74, 6) is -0.118. The molecule has 24 heavy (non-hydrogen) atoms. The van der Waals surface area contributed by atoms with Gasteiger partial charge in [-0.1, -0.05) is 29.8 Å². The molecule has 0 aliphatic heterocycles. The number of nitrogens with one attached hydrogen (secondary N) is 2. The van der Waals surface area contributed by atoms with Crippen molar-refractivity contribution in [3.05, 3.63) is 58.6 Å². The minimum absolute atomic E-state index is 0.118. The van der Waals surface area contributed by atoms with Crippen LogP contribution in [0.25, 0.3) is 0 Å². The molecule has 0 heterocycles. The van der Waals surface area contributed by atoms with Crippen LogP contribution in [0.5, 0.6) is 0 Å². The Hall–Kier alpha value is -1.89. The van der Waals surface area contributed by atoms with Crippen LogP contribution in [0.1, 0.15) is 17.5 Å². The van der Waals surface area contributed by atoms with E-state index in [1.165, 1.54) is 19.2 Å². The lowest BCUT2D eigenvalue weighted by molar-refractivity contribution is -0.116. The number of anilines is 1. The molecule has 5 nitrogen and oxygen atoms in total. The first-order chi connectivity index (χ1) is 11.3. The molecule has 2 aromatic carbocycles. The molecule has 128 valence electrons.